The van der Waals surface area contributed by atoms with E-state index >= 15 is 0 Å². The van der Waals surface area contributed by atoms with E-state index in [0.29, 0.717) is 30.9 Å². The fourth-order valence-corrected chi connectivity index (χ4v) is 7.48. The van der Waals surface area contributed by atoms with Crippen molar-refractivity contribution in [3.8, 4) is 0 Å². The standard InChI is InChI=1S/C28H28N6O2S2/c1-5-18-30-25-22-20(14(3)23(34-25)28(35)36)17(38-27(22)32-18)11-12-19-31-24(29-16-9-7-6-8-10-16)21-13(2)15(4)37-26(21)33-19/h6-10,14,23H,5,11-12H2,1-4H3,(H,35,36)(H,29,31,33)(H,30,32,34). The highest BCUT2D eigenvalue weighted by Crippen LogP contribution is 2.44. The fraction of sp³-hybridized carbons (Fsp3) is 0.321. The Morgan fingerprint density at radius 2 is 1.74 bits per heavy atom. The highest BCUT2D eigenvalue weighted by Gasteiger charge is 2.36. The zero-order valence-corrected chi connectivity index (χ0v) is 23.3. The fourth-order valence-electron chi connectivity index (χ4n) is 5.14. The number of hydrogen-bond acceptors (Lipinski definition) is 9. The summed E-state index contributed by atoms with van der Waals surface area (Å²) in [6.07, 6.45) is 2.02. The molecule has 1 aliphatic rings. The lowest BCUT2D eigenvalue weighted by atomic mass is 9.87. The number of para-hydroxylation sites is 1. The van der Waals surface area contributed by atoms with Crippen molar-refractivity contribution in [1.29, 1.82) is 0 Å². The molecular formula is C28H28N6O2S2. The molecular weight excluding hydrogens is 516 g/mol. The third-order valence-electron chi connectivity index (χ3n) is 7.23. The Morgan fingerprint density at radius 1 is 1.00 bits per heavy atom. The molecule has 0 radical (unpaired) electrons. The van der Waals surface area contributed by atoms with Crippen LogP contribution in [0.1, 0.15) is 52.3 Å². The normalized spacial score (nSPS) is 16.6. The Hall–Kier alpha value is -3.63. The topological polar surface area (TPSA) is 113 Å². The first-order valence-corrected chi connectivity index (χ1v) is 14.4. The summed E-state index contributed by atoms with van der Waals surface area (Å²) in [6.45, 7) is 8.21. The van der Waals surface area contributed by atoms with Gasteiger partial charge >= 0.3 is 5.97 Å². The van der Waals surface area contributed by atoms with E-state index in [-0.39, 0.29) is 5.92 Å². The van der Waals surface area contributed by atoms with Crippen LogP contribution in [0.4, 0.5) is 17.3 Å². The van der Waals surface area contributed by atoms with Gasteiger partial charge in [0, 0.05) is 34.2 Å². The van der Waals surface area contributed by atoms with Crippen LogP contribution in [0.5, 0.6) is 0 Å². The molecule has 0 fully saturated rings. The number of anilines is 3. The summed E-state index contributed by atoms with van der Waals surface area (Å²) < 4.78 is 0. The van der Waals surface area contributed by atoms with Crippen LogP contribution in [-0.2, 0) is 24.1 Å². The number of aliphatic carboxylic acids is 1. The maximum Gasteiger partial charge on any atom is 0.326 e. The first-order chi connectivity index (χ1) is 18.3. The molecule has 0 saturated heterocycles. The van der Waals surface area contributed by atoms with Crippen LogP contribution in [0.3, 0.4) is 0 Å². The molecule has 0 aliphatic carbocycles. The van der Waals surface area contributed by atoms with Gasteiger partial charge in [-0.3, -0.25) is 0 Å². The number of benzene rings is 1. The quantitative estimate of drug-likeness (QED) is 0.216. The summed E-state index contributed by atoms with van der Waals surface area (Å²) in [6, 6.07) is 9.33. The Labute approximate surface area is 228 Å². The lowest BCUT2D eigenvalue weighted by molar-refractivity contribution is -0.138. The second-order valence-corrected chi connectivity index (χ2v) is 11.9. The monoisotopic (exact) mass is 544 g/mol. The second-order valence-electron chi connectivity index (χ2n) is 9.65. The molecule has 2 unspecified atom stereocenters. The van der Waals surface area contributed by atoms with Crippen molar-refractivity contribution < 1.29 is 9.90 Å². The molecule has 5 aromatic rings. The number of carbonyl (C=O) groups is 1. The number of aromatic nitrogens is 4. The van der Waals surface area contributed by atoms with Gasteiger partial charge in [0.15, 0.2) is 0 Å². The molecule has 38 heavy (non-hydrogen) atoms. The van der Waals surface area contributed by atoms with E-state index in [1.165, 1.54) is 10.4 Å². The molecule has 194 valence electrons. The predicted molar refractivity (Wildman–Crippen MR) is 154 cm³/mol. The van der Waals surface area contributed by atoms with Crippen molar-refractivity contribution >= 4 is 66.4 Å². The van der Waals surface area contributed by atoms with Crippen LogP contribution in [0.25, 0.3) is 20.4 Å². The van der Waals surface area contributed by atoms with Crippen LogP contribution >= 0.6 is 22.7 Å². The van der Waals surface area contributed by atoms with E-state index in [4.69, 9.17) is 15.0 Å². The summed E-state index contributed by atoms with van der Waals surface area (Å²) >= 11 is 3.32. The number of hydrogen-bond donors (Lipinski definition) is 3. The maximum absolute atomic E-state index is 12.1. The number of carboxylic acid groups (broad SMARTS) is 1. The van der Waals surface area contributed by atoms with Crippen molar-refractivity contribution in [2.24, 2.45) is 0 Å². The molecule has 0 saturated carbocycles. The van der Waals surface area contributed by atoms with Crippen molar-refractivity contribution in [1.82, 2.24) is 19.9 Å². The molecule has 4 aromatic heterocycles. The molecule has 3 N–H and O–H groups in total. The predicted octanol–water partition coefficient (Wildman–Crippen LogP) is 6.39. The molecule has 0 bridgehead atoms. The highest BCUT2D eigenvalue weighted by atomic mass is 32.1. The largest absolute Gasteiger partial charge is 0.480 e. The third kappa shape index (κ3) is 4.17. The summed E-state index contributed by atoms with van der Waals surface area (Å²) in [7, 11) is 0. The molecule has 5 heterocycles. The summed E-state index contributed by atoms with van der Waals surface area (Å²) in [4.78, 5) is 35.6. The zero-order valence-electron chi connectivity index (χ0n) is 21.6. The zero-order chi connectivity index (χ0) is 26.6. The van der Waals surface area contributed by atoms with Crippen LogP contribution in [-0.4, -0.2) is 37.1 Å². The van der Waals surface area contributed by atoms with Gasteiger partial charge in [-0.25, -0.2) is 24.7 Å². The van der Waals surface area contributed by atoms with Crippen LogP contribution in [0.15, 0.2) is 30.3 Å². The maximum atomic E-state index is 12.1. The molecule has 0 amide bonds. The van der Waals surface area contributed by atoms with E-state index in [1.54, 1.807) is 22.7 Å². The molecule has 0 spiro atoms. The number of aryl methyl sites for hydroxylation is 5. The Balaban J connectivity index is 1.39. The summed E-state index contributed by atoms with van der Waals surface area (Å²) in [5.41, 5.74) is 3.22. The Kier molecular flexibility index (Phi) is 6.23. The number of thiophene rings is 2. The summed E-state index contributed by atoms with van der Waals surface area (Å²) in [5.74, 6) is 1.84. The van der Waals surface area contributed by atoms with Gasteiger partial charge < -0.3 is 15.7 Å². The van der Waals surface area contributed by atoms with Gasteiger partial charge in [0.2, 0.25) is 0 Å². The van der Waals surface area contributed by atoms with E-state index in [0.717, 1.165) is 48.2 Å². The lowest BCUT2D eigenvalue weighted by Crippen LogP contribution is -2.37. The van der Waals surface area contributed by atoms with E-state index in [2.05, 4.69) is 29.5 Å². The van der Waals surface area contributed by atoms with Crippen molar-refractivity contribution in [2.45, 2.75) is 58.9 Å². The molecule has 10 heteroatoms. The van der Waals surface area contributed by atoms with E-state index < -0.39 is 12.0 Å². The van der Waals surface area contributed by atoms with Crippen LogP contribution in [0, 0.1) is 13.8 Å². The third-order valence-corrected chi connectivity index (χ3v) is 9.49. The average molecular weight is 545 g/mol. The number of nitrogens with zero attached hydrogens (tertiary/aromatic N) is 4. The van der Waals surface area contributed by atoms with Crippen molar-refractivity contribution in [3.05, 3.63) is 62.9 Å². The van der Waals surface area contributed by atoms with Crippen LogP contribution < -0.4 is 10.6 Å². The number of fused-ring (bicyclic) bond motifs is 1. The smallest absolute Gasteiger partial charge is 0.326 e. The number of rotatable bonds is 7. The summed E-state index contributed by atoms with van der Waals surface area (Å²) in [5, 5.41) is 18.6. The van der Waals surface area contributed by atoms with Crippen molar-refractivity contribution in [2.75, 3.05) is 10.6 Å². The molecule has 2 atom stereocenters. The molecule has 6 rings (SSSR count). The van der Waals surface area contributed by atoms with Gasteiger partial charge in [-0.05, 0) is 43.5 Å². The number of nitrogens with one attached hydrogen (secondary N) is 2. The minimum atomic E-state index is -0.876. The minimum absolute atomic E-state index is 0.207. The number of carboxylic acids is 1. The van der Waals surface area contributed by atoms with Gasteiger partial charge in [0.1, 0.15) is 39.0 Å². The highest BCUT2D eigenvalue weighted by molar-refractivity contribution is 7.19. The van der Waals surface area contributed by atoms with Crippen molar-refractivity contribution in [3.63, 3.8) is 0 Å². The van der Waals surface area contributed by atoms with Gasteiger partial charge in [0.25, 0.3) is 0 Å². The minimum Gasteiger partial charge on any atom is -0.480 e. The van der Waals surface area contributed by atoms with Gasteiger partial charge in [-0.1, -0.05) is 32.0 Å². The molecule has 8 nitrogen and oxygen atoms in total. The first-order valence-electron chi connectivity index (χ1n) is 12.7. The lowest BCUT2D eigenvalue weighted by Gasteiger charge is -2.28. The van der Waals surface area contributed by atoms with Crippen LogP contribution in [0.2, 0.25) is 0 Å². The average Bonchev–Trinajstić information content (AvgIpc) is 3.42. The first kappa shape index (κ1) is 24.7. The van der Waals surface area contributed by atoms with E-state index in [9.17, 15) is 9.90 Å². The Bertz CT molecular complexity index is 1690. The van der Waals surface area contributed by atoms with Gasteiger partial charge in [0.05, 0.1) is 10.8 Å². The molecule has 1 aliphatic heterocycles. The Morgan fingerprint density at radius 3 is 2.47 bits per heavy atom. The second kappa shape index (κ2) is 9.59. The van der Waals surface area contributed by atoms with E-state index in [1.807, 2.05) is 44.2 Å². The van der Waals surface area contributed by atoms with Gasteiger partial charge in [-0.2, -0.15) is 0 Å². The SMILES string of the molecule is CCc1nc2c3c(c(CCc4nc(Nc5ccccc5)c5c(C)c(C)sc5n4)sc3n1)C(C)C(C(=O)O)N2. The molecule has 1 aromatic carbocycles. The van der Waals surface area contributed by atoms with Gasteiger partial charge in [-0.15, -0.1) is 22.7 Å².